The third-order valence-corrected chi connectivity index (χ3v) is 3.89. The third-order valence-electron chi connectivity index (χ3n) is 3.89. The van der Waals surface area contributed by atoms with Gasteiger partial charge < -0.3 is 15.4 Å². The number of carbonyl (C=O) groups excluding carboxylic acids is 1. The van der Waals surface area contributed by atoms with Gasteiger partial charge in [0.25, 0.3) is 0 Å². The van der Waals surface area contributed by atoms with Gasteiger partial charge in [0, 0.05) is 19.6 Å². The van der Waals surface area contributed by atoms with Crippen LogP contribution in [-0.2, 0) is 11.2 Å². The average Bonchev–Trinajstić information content (AvgIpc) is 2.64. The van der Waals surface area contributed by atoms with Gasteiger partial charge in [-0.2, -0.15) is 0 Å². The van der Waals surface area contributed by atoms with Crippen LogP contribution in [0.3, 0.4) is 0 Å². The van der Waals surface area contributed by atoms with E-state index in [1.807, 2.05) is 60.4 Å². The highest BCUT2D eigenvalue weighted by Crippen LogP contribution is 2.12. The second kappa shape index (κ2) is 11.5. The van der Waals surface area contributed by atoms with Crippen molar-refractivity contribution in [3.8, 4) is 5.75 Å². The Hall–Kier alpha value is -2.04. The molecule has 1 atom stereocenters. The van der Waals surface area contributed by atoms with Crippen molar-refractivity contribution < 1.29 is 9.53 Å². The van der Waals surface area contributed by atoms with E-state index in [1.54, 1.807) is 0 Å². The van der Waals surface area contributed by atoms with Gasteiger partial charge in [-0.25, -0.2) is 0 Å². The lowest BCUT2D eigenvalue weighted by molar-refractivity contribution is -0.135. The number of hydrogen-bond donors (Lipinski definition) is 1. The number of benzene rings is 2. The van der Waals surface area contributed by atoms with E-state index >= 15 is 0 Å². The van der Waals surface area contributed by atoms with Crippen molar-refractivity contribution in [3.63, 3.8) is 0 Å². The summed E-state index contributed by atoms with van der Waals surface area (Å²) in [5.41, 5.74) is 6.90. The minimum Gasteiger partial charge on any atom is -0.493 e. The summed E-state index contributed by atoms with van der Waals surface area (Å²) in [5, 5.41) is 0. The zero-order valence-electron chi connectivity index (χ0n) is 14.6. The van der Waals surface area contributed by atoms with E-state index in [-0.39, 0.29) is 24.2 Å². The highest BCUT2D eigenvalue weighted by atomic mass is 35.5. The van der Waals surface area contributed by atoms with Gasteiger partial charge in [0.15, 0.2) is 0 Å². The minimum atomic E-state index is -0.201. The van der Waals surface area contributed by atoms with Crippen molar-refractivity contribution in [2.75, 3.05) is 26.2 Å². The summed E-state index contributed by atoms with van der Waals surface area (Å²) in [5.74, 6) is 0.673. The fraction of sp³-hybridized carbons (Fsp3) is 0.350. The Labute approximate surface area is 156 Å². The van der Waals surface area contributed by atoms with Crippen LogP contribution < -0.4 is 10.5 Å². The van der Waals surface area contributed by atoms with Gasteiger partial charge in [0.1, 0.15) is 5.75 Å². The summed E-state index contributed by atoms with van der Waals surface area (Å²) in [6.07, 6.45) is 0.832. The van der Waals surface area contributed by atoms with Crippen LogP contribution in [0.15, 0.2) is 60.7 Å². The third kappa shape index (κ3) is 7.16. The maximum absolute atomic E-state index is 12.7. The number of amides is 1. The molecule has 0 aliphatic rings. The second-order valence-electron chi connectivity index (χ2n) is 5.87. The number of hydrogen-bond acceptors (Lipinski definition) is 3. The van der Waals surface area contributed by atoms with E-state index in [0.29, 0.717) is 26.2 Å². The largest absolute Gasteiger partial charge is 0.493 e. The van der Waals surface area contributed by atoms with Crippen LogP contribution >= 0.6 is 12.4 Å². The number of rotatable bonds is 9. The zero-order chi connectivity index (χ0) is 17.2. The lowest BCUT2D eigenvalue weighted by atomic mass is 10.1. The van der Waals surface area contributed by atoms with Crippen LogP contribution in [-0.4, -0.2) is 37.0 Å². The molecule has 25 heavy (non-hydrogen) atoms. The van der Waals surface area contributed by atoms with E-state index in [4.69, 9.17) is 10.5 Å². The maximum Gasteiger partial charge on any atom is 0.228 e. The molecule has 0 aliphatic carbocycles. The van der Waals surface area contributed by atoms with Crippen LogP contribution in [0.25, 0.3) is 0 Å². The van der Waals surface area contributed by atoms with Crippen LogP contribution in [0.2, 0.25) is 0 Å². The highest BCUT2D eigenvalue weighted by molar-refractivity contribution is 5.85. The summed E-state index contributed by atoms with van der Waals surface area (Å²) in [7, 11) is 0. The molecule has 1 unspecified atom stereocenters. The fourth-order valence-corrected chi connectivity index (χ4v) is 2.52. The van der Waals surface area contributed by atoms with E-state index in [2.05, 4.69) is 12.1 Å². The minimum absolute atomic E-state index is 0. The summed E-state index contributed by atoms with van der Waals surface area (Å²) in [6.45, 7) is 3.98. The quantitative estimate of drug-likeness (QED) is 0.745. The molecule has 4 nitrogen and oxygen atoms in total. The second-order valence-corrected chi connectivity index (χ2v) is 5.87. The molecular formula is C20H27ClN2O2. The molecular weight excluding hydrogens is 336 g/mol. The fourth-order valence-electron chi connectivity index (χ4n) is 2.52. The van der Waals surface area contributed by atoms with Crippen molar-refractivity contribution >= 4 is 18.3 Å². The molecule has 136 valence electrons. The van der Waals surface area contributed by atoms with E-state index < -0.39 is 0 Å². The molecule has 0 saturated heterocycles. The molecule has 0 spiro atoms. The summed E-state index contributed by atoms with van der Waals surface area (Å²) >= 11 is 0. The number of para-hydroxylation sites is 1. The normalized spacial score (nSPS) is 11.3. The smallest absolute Gasteiger partial charge is 0.228 e. The number of nitrogens with zero attached hydrogens (tertiary/aromatic N) is 1. The van der Waals surface area contributed by atoms with Crippen LogP contribution in [0.1, 0.15) is 12.5 Å². The first-order chi connectivity index (χ1) is 11.7. The number of halogens is 1. The molecule has 2 rings (SSSR count). The molecule has 0 heterocycles. The van der Waals surface area contributed by atoms with Crippen molar-refractivity contribution in [1.82, 2.24) is 4.90 Å². The summed E-state index contributed by atoms with van der Waals surface area (Å²) in [6, 6.07) is 19.7. The Morgan fingerprint density at radius 3 is 2.24 bits per heavy atom. The maximum atomic E-state index is 12.7. The van der Waals surface area contributed by atoms with Gasteiger partial charge in [-0.3, -0.25) is 4.79 Å². The summed E-state index contributed by atoms with van der Waals surface area (Å²) in [4.78, 5) is 14.5. The number of carbonyl (C=O) groups is 1. The summed E-state index contributed by atoms with van der Waals surface area (Å²) < 4.78 is 5.70. The van der Waals surface area contributed by atoms with Crippen molar-refractivity contribution in [2.24, 2.45) is 11.7 Å². The van der Waals surface area contributed by atoms with Gasteiger partial charge in [0.2, 0.25) is 5.91 Å². The first kappa shape index (κ1) is 21.0. The lowest BCUT2D eigenvalue weighted by Crippen LogP contribution is -2.41. The predicted molar refractivity (Wildman–Crippen MR) is 104 cm³/mol. The molecule has 0 aromatic heterocycles. The Morgan fingerprint density at radius 2 is 1.64 bits per heavy atom. The SMILES string of the molecule is CC(COc1ccccc1)C(=O)N(CCN)CCc1ccccc1.Cl. The lowest BCUT2D eigenvalue weighted by Gasteiger charge is -2.25. The van der Waals surface area contributed by atoms with Crippen molar-refractivity contribution in [3.05, 3.63) is 66.2 Å². The Kier molecular flexibility index (Phi) is 9.66. The molecule has 0 saturated carbocycles. The van der Waals surface area contributed by atoms with Crippen LogP contribution in [0.5, 0.6) is 5.75 Å². The Morgan fingerprint density at radius 1 is 1.04 bits per heavy atom. The molecule has 0 aliphatic heterocycles. The molecule has 0 fully saturated rings. The van der Waals surface area contributed by atoms with Gasteiger partial charge >= 0.3 is 0 Å². The first-order valence-electron chi connectivity index (χ1n) is 8.41. The van der Waals surface area contributed by atoms with Crippen LogP contribution in [0, 0.1) is 5.92 Å². The molecule has 1 amide bonds. The highest BCUT2D eigenvalue weighted by Gasteiger charge is 2.20. The zero-order valence-corrected chi connectivity index (χ0v) is 15.5. The molecule has 0 radical (unpaired) electrons. The standard InChI is InChI=1S/C20H26N2O2.ClH/c1-17(16-24-19-10-6-3-7-11-19)20(23)22(15-13-21)14-12-18-8-4-2-5-9-18;/h2-11,17H,12-16,21H2,1H3;1H. The van der Waals surface area contributed by atoms with Gasteiger partial charge in [0.05, 0.1) is 12.5 Å². The number of ether oxygens (including phenoxy) is 1. The van der Waals surface area contributed by atoms with E-state index in [0.717, 1.165) is 12.2 Å². The van der Waals surface area contributed by atoms with Crippen molar-refractivity contribution in [2.45, 2.75) is 13.3 Å². The van der Waals surface area contributed by atoms with Crippen molar-refractivity contribution in [1.29, 1.82) is 0 Å². The first-order valence-corrected chi connectivity index (χ1v) is 8.41. The van der Waals surface area contributed by atoms with E-state index in [1.165, 1.54) is 5.56 Å². The molecule has 2 N–H and O–H groups in total. The van der Waals surface area contributed by atoms with Gasteiger partial charge in [-0.15, -0.1) is 12.4 Å². The van der Waals surface area contributed by atoms with Crippen LogP contribution in [0.4, 0.5) is 0 Å². The molecule has 0 bridgehead atoms. The Balaban J connectivity index is 0.00000312. The molecule has 2 aromatic rings. The predicted octanol–water partition coefficient (Wildman–Crippen LogP) is 3.15. The number of nitrogens with two attached hydrogens (primary N) is 1. The van der Waals surface area contributed by atoms with Gasteiger partial charge in [-0.1, -0.05) is 55.5 Å². The average molecular weight is 363 g/mol. The topological polar surface area (TPSA) is 55.6 Å². The Bertz CT molecular complexity index is 608. The monoisotopic (exact) mass is 362 g/mol. The molecule has 2 aromatic carbocycles. The molecule has 5 heteroatoms. The van der Waals surface area contributed by atoms with E-state index in [9.17, 15) is 4.79 Å². The van der Waals surface area contributed by atoms with Gasteiger partial charge in [-0.05, 0) is 24.1 Å².